The van der Waals surface area contributed by atoms with Crippen LogP contribution in [0.4, 0.5) is 17.1 Å². The summed E-state index contributed by atoms with van der Waals surface area (Å²) in [5, 5.41) is 4.50. The van der Waals surface area contributed by atoms with E-state index in [0.717, 1.165) is 35.5 Å². The van der Waals surface area contributed by atoms with Gasteiger partial charge in [0.2, 0.25) is 0 Å². The topological polar surface area (TPSA) is 8.17 Å². The molecule has 0 unspecified atom stereocenters. The molecule has 0 N–H and O–H groups in total. The van der Waals surface area contributed by atoms with Crippen LogP contribution in [-0.2, 0) is 27.1 Å². The first kappa shape index (κ1) is 45.0. The van der Waals surface area contributed by atoms with Crippen LogP contribution < -0.4 is 15.1 Å². The summed E-state index contributed by atoms with van der Waals surface area (Å²) in [5.74, 6) is 5.46. The highest BCUT2D eigenvalue weighted by molar-refractivity contribution is 7.32. The van der Waals surface area contributed by atoms with Gasteiger partial charge in [-0.15, -0.1) is 11.3 Å². The van der Waals surface area contributed by atoms with Crippen molar-refractivity contribution in [3.05, 3.63) is 137 Å². The van der Waals surface area contributed by atoms with Gasteiger partial charge in [0.15, 0.2) is 0 Å². The monoisotopic (exact) mass is 999 g/mol. The molecule has 4 heterocycles. The Morgan fingerprint density at radius 3 is 1.77 bits per heavy atom. The number of hydrogen-bond donors (Lipinski definition) is 0. The Balaban J connectivity index is 0.989. The second-order valence-electron chi connectivity index (χ2n) is 29.7. The third kappa shape index (κ3) is 6.16. The molecule has 9 aliphatic carbocycles. The predicted molar refractivity (Wildman–Crippen MR) is 319 cm³/mol. The number of hydrogen-bond acceptors (Lipinski definition) is 2. The van der Waals surface area contributed by atoms with Crippen LogP contribution in [0.5, 0.6) is 0 Å². The van der Waals surface area contributed by atoms with Gasteiger partial charge < -0.3 is 9.38 Å². The number of nitrogens with zero attached hydrogens (tertiary/aromatic N) is 2. The molecule has 2 aromatic heterocycles. The molecule has 19 rings (SSSR count). The smallest absolute Gasteiger partial charge is 0.343 e. The fraction of sp³-hybridized carbons (Fsp3) is 0.465. The Bertz CT molecular complexity index is 3740. The third-order valence-corrected chi connectivity index (χ3v) is 24.1. The van der Waals surface area contributed by atoms with E-state index in [1.54, 1.807) is 27.6 Å². The molecule has 2 nitrogen and oxygen atoms in total. The standard InChI is InChI=1S/C71H75BN2S/c1-40-20-53-55-31-50(71-37-44-25-45(38-71)27-46(26-44)39-71)30-54-52-29-49(70-34-41-22-42(35-70)24-43(23-41)36-70)15-17-60(52)74(64(54)55)72-63(53)61(21-40)73(59-16-14-48(67(2,3)4)28-51(59)47-12-10-9-11-13-47)65-56-32-57-58(33-62(56)75-66(65)72)69(7,8)19-18-68(57,5)6/h9-17,20-21,28-33,41-46H,18-19,22-27,34-39H2,1-8H3. The molecule has 0 radical (unpaired) electrons. The fourth-order valence-corrected chi connectivity index (χ4v) is 21.4. The van der Waals surface area contributed by atoms with Crippen LogP contribution in [0, 0.1) is 42.4 Å². The Morgan fingerprint density at radius 1 is 0.547 bits per heavy atom. The van der Waals surface area contributed by atoms with Crippen LogP contribution in [0.2, 0.25) is 0 Å². The number of aromatic nitrogens is 1. The molecule has 8 saturated carbocycles. The molecule has 6 aromatic carbocycles. The molecule has 4 heteroatoms. The van der Waals surface area contributed by atoms with Crippen molar-refractivity contribution in [2.24, 2.45) is 35.5 Å². The van der Waals surface area contributed by atoms with Crippen LogP contribution in [-0.4, -0.2) is 11.3 Å². The maximum Gasteiger partial charge on any atom is 0.343 e. The number of benzene rings is 6. The van der Waals surface area contributed by atoms with Crippen molar-refractivity contribution in [3.8, 4) is 22.3 Å². The summed E-state index contributed by atoms with van der Waals surface area (Å²) in [6, 6.07) is 43.3. The van der Waals surface area contributed by atoms with Crippen LogP contribution in [0.3, 0.4) is 0 Å². The Labute approximate surface area is 450 Å². The van der Waals surface area contributed by atoms with Crippen LogP contribution in [0.15, 0.2) is 103 Å². The lowest BCUT2D eigenvalue weighted by Gasteiger charge is -2.57. The van der Waals surface area contributed by atoms with E-state index in [4.69, 9.17) is 0 Å². The van der Waals surface area contributed by atoms with Gasteiger partial charge in [-0.3, -0.25) is 0 Å². The van der Waals surface area contributed by atoms with Gasteiger partial charge in [0.1, 0.15) is 0 Å². The maximum absolute atomic E-state index is 2.94. The Morgan fingerprint density at radius 2 is 1.15 bits per heavy atom. The van der Waals surface area contributed by atoms with Crippen LogP contribution in [0.1, 0.15) is 172 Å². The normalized spacial score (nSPS) is 29.9. The zero-order valence-corrected chi connectivity index (χ0v) is 46.9. The summed E-state index contributed by atoms with van der Waals surface area (Å²) in [7, 11) is 0. The summed E-state index contributed by atoms with van der Waals surface area (Å²) in [6.07, 6.45) is 19.7. The van der Waals surface area contributed by atoms with Gasteiger partial charge in [-0.25, -0.2) is 0 Å². The summed E-state index contributed by atoms with van der Waals surface area (Å²) in [6.45, 7) is 19.6. The summed E-state index contributed by atoms with van der Waals surface area (Å²) < 4.78 is 5.88. The van der Waals surface area contributed by atoms with Gasteiger partial charge in [-0.05, 0) is 264 Å². The molecule has 0 atom stereocenters. The SMILES string of the molecule is Cc1cc2c3c(c1)N(c1ccc(C(C)(C)C)cc1-c1ccccc1)c1c(sc4cc5c(cc14)C(C)(C)CCC5(C)C)B3n1c3ccc(C45CC6CC(CC(C6)C4)C5)cc3c3cc(C45CC6CC(CC(C6)C4)C5)cc-2c31. The molecule has 0 saturated heterocycles. The van der Waals surface area contributed by atoms with E-state index in [1.807, 2.05) is 0 Å². The molecular formula is C71H75BN2S. The highest BCUT2D eigenvalue weighted by Gasteiger charge is 2.55. The van der Waals surface area contributed by atoms with Gasteiger partial charge >= 0.3 is 6.85 Å². The number of aryl methyl sites for hydroxylation is 1. The minimum atomic E-state index is 0.00373. The van der Waals surface area contributed by atoms with Gasteiger partial charge in [0, 0.05) is 53.5 Å². The van der Waals surface area contributed by atoms with Gasteiger partial charge in [-0.1, -0.05) is 97.0 Å². The quantitative estimate of drug-likeness (QED) is 0.160. The molecule has 0 amide bonds. The van der Waals surface area contributed by atoms with Crippen LogP contribution in [0.25, 0.3) is 54.1 Å². The van der Waals surface area contributed by atoms with Gasteiger partial charge in [-0.2, -0.15) is 0 Å². The molecule has 75 heavy (non-hydrogen) atoms. The molecule has 2 aliphatic heterocycles. The number of rotatable bonds is 4. The molecule has 0 spiro atoms. The van der Waals surface area contributed by atoms with Crippen molar-refractivity contribution in [2.75, 3.05) is 4.90 Å². The van der Waals surface area contributed by atoms with E-state index in [1.165, 1.54) is 177 Å². The minimum Gasteiger partial charge on any atom is -0.375 e. The van der Waals surface area contributed by atoms with E-state index in [-0.39, 0.29) is 28.5 Å². The lowest BCUT2D eigenvalue weighted by Crippen LogP contribution is -2.55. The van der Waals surface area contributed by atoms with E-state index in [9.17, 15) is 0 Å². The van der Waals surface area contributed by atoms with Crippen molar-refractivity contribution >= 4 is 77.4 Å². The highest BCUT2D eigenvalue weighted by atomic mass is 32.1. The Kier molecular flexibility index (Phi) is 8.85. The number of anilines is 3. The van der Waals surface area contributed by atoms with E-state index < -0.39 is 0 Å². The average Bonchev–Trinajstić information content (AvgIpc) is 3.98. The molecule has 8 fully saturated rings. The molecule has 378 valence electrons. The fourth-order valence-electron chi connectivity index (χ4n) is 20.1. The summed E-state index contributed by atoms with van der Waals surface area (Å²) >= 11 is 2.12. The van der Waals surface area contributed by atoms with Crippen LogP contribution >= 0.6 is 11.3 Å². The zero-order chi connectivity index (χ0) is 50.4. The Hall–Kier alpha value is -5.06. The van der Waals surface area contributed by atoms with Crippen molar-refractivity contribution in [1.29, 1.82) is 0 Å². The second kappa shape index (κ2) is 14.7. The maximum atomic E-state index is 2.94. The average molecular weight is 999 g/mol. The van der Waals surface area contributed by atoms with Crippen molar-refractivity contribution in [3.63, 3.8) is 0 Å². The summed E-state index contributed by atoms with van der Waals surface area (Å²) in [4.78, 5) is 2.81. The first-order valence-electron chi connectivity index (χ1n) is 29.9. The van der Waals surface area contributed by atoms with Gasteiger partial charge in [0.05, 0.1) is 11.4 Å². The second-order valence-corrected chi connectivity index (χ2v) is 30.8. The molecular weight excluding hydrogens is 924 g/mol. The molecule has 8 aromatic rings. The minimum absolute atomic E-state index is 0.00373. The first-order chi connectivity index (χ1) is 36.0. The van der Waals surface area contributed by atoms with Crippen molar-refractivity contribution in [2.45, 2.75) is 172 Å². The third-order valence-electron chi connectivity index (χ3n) is 22.9. The molecule has 8 bridgehead atoms. The largest absolute Gasteiger partial charge is 0.375 e. The van der Waals surface area contributed by atoms with E-state index >= 15 is 0 Å². The van der Waals surface area contributed by atoms with E-state index in [0.29, 0.717) is 5.41 Å². The highest BCUT2D eigenvalue weighted by Crippen LogP contribution is 2.64. The lowest BCUT2D eigenvalue weighted by molar-refractivity contribution is -0.00527. The number of fused-ring (bicyclic) bond motifs is 10. The zero-order valence-electron chi connectivity index (χ0n) is 46.1. The van der Waals surface area contributed by atoms with Gasteiger partial charge in [0.25, 0.3) is 0 Å². The summed E-state index contributed by atoms with van der Waals surface area (Å²) in [5.41, 5.74) is 24.1. The van der Waals surface area contributed by atoms with Crippen molar-refractivity contribution < 1.29 is 0 Å². The molecule has 11 aliphatic rings. The van der Waals surface area contributed by atoms with E-state index in [2.05, 4.69) is 179 Å². The first-order valence-corrected chi connectivity index (χ1v) is 30.7. The van der Waals surface area contributed by atoms with Crippen molar-refractivity contribution in [1.82, 2.24) is 4.48 Å². The predicted octanol–water partition coefficient (Wildman–Crippen LogP) is 18.0. The number of thiophene rings is 1. The lowest BCUT2D eigenvalue weighted by atomic mass is 9.47.